The summed E-state index contributed by atoms with van der Waals surface area (Å²) in [4.78, 5) is 3.49. The van der Waals surface area contributed by atoms with Gasteiger partial charge in [0.1, 0.15) is 0 Å². The molecule has 2 heteroatoms. The van der Waals surface area contributed by atoms with Crippen molar-refractivity contribution in [3.8, 4) is 0 Å². The van der Waals surface area contributed by atoms with Gasteiger partial charge >= 0.3 is 0 Å². The lowest BCUT2D eigenvalue weighted by Crippen LogP contribution is -2.19. The highest BCUT2D eigenvalue weighted by Crippen LogP contribution is 2.34. The highest BCUT2D eigenvalue weighted by atomic mass is 79.9. The first kappa shape index (κ1) is 11.3. The van der Waals surface area contributed by atoms with Crippen LogP contribution in [-0.4, -0.2) is 4.83 Å². The molecule has 74 valence electrons. The van der Waals surface area contributed by atoms with Gasteiger partial charge in [0.15, 0.2) is 0 Å². The number of hydrogen-bond donors (Lipinski definition) is 0. The third-order valence-corrected chi connectivity index (χ3v) is 3.89. The zero-order chi connectivity index (χ0) is 10.1. The minimum absolute atomic E-state index is 0.307. The molecule has 1 aromatic rings. The normalized spacial score (nSPS) is 14.5. The third-order valence-electron chi connectivity index (χ3n) is 2.20. The monoisotopic (exact) mass is 260 g/mol. The summed E-state index contributed by atoms with van der Waals surface area (Å²) in [6.07, 6.45) is 1.19. The standard InChI is InChI=1S/C11H17BrS/c1-8(12)7-11(3,4)10-6-5-9(2)13-10/h5-6,8H,7H2,1-4H3. The second-order valence-corrected chi connectivity index (χ2v) is 7.13. The SMILES string of the molecule is Cc1ccc(C(C)(C)CC(C)Br)s1. The Morgan fingerprint density at radius 3 is 2.46 bits per heavy atom. The summed E-state index contributed by atoms with van der Waals surface area (Å²) < 4.78 is 0. The molecule has 0 saturated heterocycles. The molecule has 0 bridgehead atoms. The Morgan fingerprint density at radius 1 is 1.46 bits per heavy atom. The fraction of sp³-hybridized carbons (Fsp3) is 0.636. The van der Waals surface area contributed by atoms with Crippen LogP contribution in [-0.2, 0) is 5.41 Å². The van der Waals surface area contributed by atoms with Crippen LogP contribution in [0.15, 0.2) is 12.1 Å². The van der Waals surface area contributed by atoms with Gasteiger partial charge in [-0.15, -0.1) is 11.3 Å². The van der Waals surface area contributed by atoms with Crippen molar-refractivity contribution in [3.63, 3.8) is 0 Å². The summed E-state index contributed by atoms with van der Waals surface area (Å²) >= 11 is 5.53. The van der Waals surface area contributed by atoms with Crippen molar-refractivity contribution in [3.05, 3.63) is 21.9 Å². The summed E-state index contributed by atoms with van der Waals surface area (Å²) in [6.45, 7) is 9.01. The van der Waals surface area contributed by atoms with Gasteiger partial charge in [0, 0.05) is 20.0 Å². The molecule has 0 spiro atoms. The van der Waals surface area contributed by atoms with Crippen LogP contribution in [0.25, 0.3) is 0 Å². The Labute approximate surface area is 93.5 Å². The van der Waals surface area contributed by atoms with Crippen molar-refractivity contribution >= 4 is 27.3 Å². The number of rotatable bonds is 3. The van der Waals surface area contributed by atoms with Crippen molar-refractivity contribution in [2.75, 3.05) is 0 Å². The molecule has 1 atom stereocenters. The summed E-state index contributed by atoms with van der Waals surface area (Å²) in [6, 6.07) is 4.47. The second-order valence-electron chi connectivity index (χ2n) is 4.28. The zero-order valence-electron chi connectivity index (χ0n) is 8.73. The van der Waals surface area contributed by atoms with E-state index < -0.39 is 0 Å². The summed E-state index contributed by atoms with van der Waals surface area (Å²) in [5.41, 5.74) is 0.307. The van der Waals surface area contributed by atoms with Gasteiger partial charge in [-0.3, -0.25) is 0 Å². The zero-order valence-corrected chi connectivity index (χ0v) is 11.1. The minimum atomic E-state index is 0.307. The van der Waals surface area contributed by atoms with Crippen LogP contribution in [0.1, 0.15) is 36.9 Å². The summed E-state index contributed by atoms with van der Waals surface area (Å²) in [7, 11) is 0. The maximum absolute atomic E-state index is 3.62. The molecular weight excluding hydrogens is 244 g/mol. The lowest BCUT2D eigenvalue weighted by molar-refractivity contribution is 0.492. The molecule has 0 aliphatic rings. The van der Waals surface area contributed by atoms with E-state index in [0.717, 1.165) is 0 Å². The molecule has 1 unspecified atom stereocenters. The van der Waals surface area contributed by atoms with Crippen LogP contribution < -0.4 is 0 Å². The average Bonchev–Trinajstić information content (AvgIpc) is 2.32. The Bertz CT molecular complexity index is 273. The quantitative estimate of drug-likeness (QED) is 0.702. The minimum Gasteiger partial charge on any atom is -0.145 e. The maximum atomic E-state index is 3.62. The van der Waals surface area contributed by atoms with E-state index in [9.17, 15) is 0 Å². The van der Waals surface area contributed by atoms with Crippen molar-refractivity contribution in [1.82, 2.24) is 0 Å². The number of aryl methyl sites for hydroxylation is 1. The lowest BCUT2D eigenvalue weighted by atomic mass is 9.86. The Hall–Kier alpha value is 0.180. The van der Waals surface area contributed by atoms with Crippen LogP contribution in [0.3, 0.4) is 0 Å². The van der Waals surface area contributed by atoms with Gasteiger partial charge < -0.3 is 0 Å². The maximum Gasteiger partial charge on any atom is 0.0126 e. The molecule has 13 heavy (non-hydrogen) atoms. The fourth-order valence-corrected chi connectivity index (χ4v) is 3.39. The largest absolute Gasteiger partial charge is 0.145 e. The molecule has 0 nitrogen and oxygen atoms in total. The summed E-state index contributed by atoms with van der Waals surface area (Å²) in [5, 5.41) is 0. The van der Waals surface area contributed by atoms with E-state index in [1.54, 1.807) is 0 Å². The van der Waals surface area contributed by atoms with Crippen LogP contribution in [0, 0.1) is 6.92 Å². The molecule has 0 saturated carbocycles. The molecular formula is C11H17BrS. The highest BCUT2D eigenvalue weighted by molar-refractivity contribution is 9.09. The van der Waals surface area contributed by atoms with Crippen molar-refractivity contribution in [2.24, 2.45) is 0 Å². The van der Waals surface area contributed by atoms with Gasteiger partial charge in [-0.25, -0.2) is 0 Å². The van der Waals surface area contributed by atoms with Crippen molar-refractivity contribution in [1.29, 1.82) is 0 Å². The summed E-state index contributed by atoms with van der Waals surface area (Å²) in [5.74, 6) is 0. The number of hydrogen-bond acceptors (Lipinski definition) is 1. The Kier molecular flexibility index (Phi) is 3.58. The average molecular weight is 261 g/mol. The molecule has 0 aliphatic carbocycles. The smallest absolute Gasteiger partial charge is 0.0126 e. The van der Waals surface area contributed by atoms with E-state index in [1.165, 1.54) is 16.2 Å². The van der Waals surface area contributed by atoms with Crippen LogP contribution in [0.2, 0.25) is 0 Å². The first-order valence-corrected chi connectivity index (χ1v) is 6.36. The third kappa shape index (κ3) is 3.10. The predicted octanol–water partition coefficient (Wildman–Crippen LogP) is 4.51. The van der Waals surface area contributed by atoms with Crippen molar-refractivity contribution < 1.29 is 0 Å². The number of halogens is 1. The highest BCUT2D eigenvalue weighted by Gasteiger charge is 2.23. The molecule has 0 fully saturated rings. The molecule has 1 aromatic heterocycles. The van der Waals surface area contributed by atoms with E-state index in [0.29, 0.717) is 10.2 Å². The van der Waals surface area contributed by atoms with Gasteiger partial charge in [-0.2, -0.15) is 0 Å². The molecule has 1 rings (SSSR count). The number of alkyl halides is 1. The van der Waals surface area contributed by atoms with Gasteiger partial charge in [0.25, 0.3) is 0 Å². The van der Waals surface area contributed by atoms with Crippen LogP contribution in [0.5, 0.6) is 0 Å². The van der Waals surface area contributed by atoms with E-state index in [1.807, 2.05) is 11.3 Å². The van der Waals surface area contributed by atoms with Gasteiger partial charge in [0.05, 0.1) is 0 Å². The Morgan fingerprint density at radius 2 is 2.08 bits per heavy atom. The molecule has 0 N–H and O–H groups in total. The van der Waals surface area contributed by atoms with Crippen LogP contribution in [0.4, 0.5) is 0 Å². The second kappa shape index (κ2) is 4.14. The van der Waals surface area contributed by atoms with Gasteiger partial charge in [0.2, 0.25) is 0 Å². The molecule has 1 heterocycles. The van der Waals surface area contributed by atoms with Crippen LogP contribution >= 0.6 is 27.3 Å². The van der Waals surface area contributed by atoms with E-state index in [-0.39, 0.29) is 0 Å². The first-order chi connectivity index (χ1) is 5.92. The van der Waals surface area contributed by atoms with E-state index >= 15 is 0 Å². The molecule has 0 aromatic carbocycles. The van der Waals surface area contributed by atoms with E-state index in [4.69, 9.17) is 0 Å². The first-order valence-electron chi connectivity index (χ1n) is 4.63. The van der Waals surface area contributed by atoms with Gasteiger partial charge in [-0.1, -0.05) is 36.7 Å². The predicted molar refractivity (Wildman–Crippen MR) is 65.1 cm³/mol. The molecule has 0 radical (unpaired) electrons. The van der Waals surface area contributed by atoms with E-state index in [2.05, 4.69) is 55.8 Å². The van der Waals surface area contributed by atoms with Gasteiger partial charge in [-0.05, 0) is 25.5 Å². The Balaban J connectivity index is 2.80. The van der Waals surface area contributed by atoms with Crippen molar-refractivity contribution in [2.45, 2.75) is 44.4 Å². The topological polar surface area (TPSA) is 0 Å². The molecule has 0 aliphatic heterocycles. The fourth-order valence-electron chi connectivity index (χ4n) is 1.60. The lowest BCUT2D eigenvalue weighted by Gasteiger charge is -2.24. The molecule has 0 amide bonds. The number of thiophene rings is 1.